The van der Waals surface area contributed by atoms with Crippen molar-refractivity contribution in [1.82, 2.24) is 0 Å². The van der Waals surface area contributed by atoms with Crippen LogP contribution >= 0.6 is 0 Å². The quantitative estimate of drug-likeness (QED) is 0.736. The summed E-state index contributed by atoms with van der Waals surface area (Å²) in [5, 5.41) is 6.09. The topological polar surface area (TPSA) is 58.2 Å². The lowest BCUT2D eigenvalue weighted by Crippen LogP contribution is -2.51. The Hall–Kier alpha value is -2.62. The maximum absolute atomic E-state index is 13.2. The van der Waals surface area contributed by atoms with Gasteiger partial charge in [0.05, 0.1) is 5.41 Å². The second-order valence-corrected chi connectivity index (χ2v) is 9.55. The van der Waals surface area contributed by atoms with E-state index in [9.17, 15) is 9.59 Å². The zero-order chi connectivity index (χ0) is 20.0. The van der Waals surface area contributed by atoms with Crippen molar-refractivity contribution in [2.45, 2.75) is 45.4 Å². The number of rotatable bonds is 4. The van der Waals surface area contributed by atoms with Crippen LogP contribution < -0.4 is 10.6 Å². The summed E-state index contributed by atoms with van der Waals surface area (Å²) in [6.45, 7) is 1.97. The van der Waals surface area contributed by atoms with Gasteiger partial charge in [0, 0.05) is 16.9 Å². The third kappa shape index (κ3) is 3.57. The molecule has 4 heteroatoms. The van der Waals surface area contributed by atoms with Crippen molar-refractivity contribution in [3.8, 4) is 0 Å². The lowest BCUT2D eigenvalue weighted by Gasteiger charge is -2.55. The van der Waals surface area contributed by atoms with E-state index in [-0.39, 0.29) is 17.2 Å². The molecule has 2 amide bonds. The van der Waals surface area contributed by atoms with Crippen LogP contribution in [0, 0.1) is 30.1 Å². The molecule has 4 bridgehead atoms. The Balaban J connectivity index is 1.24. The van der Waals surface area contributed by atoms with Gasteiger partial charge in [0.2, 0.25) is 5.91 Å². The number of anilines is 2. The molecule has 4 nitrogen and oxygen atoms in total. The fraction of sp³-hybridized carbons (Fsp3) is 0.440. The number of nitrogens with one attached hydrogen (secondary N) is 2. The van der Waals surface area contributed by atoms with Gasteiger partial charge < -0.3 is 10.6 Å². The van der Waals surface area contributed by atoms with E-state index >= 15 is 0 Å². The SMILES string of the molecule is Cc1cccc(C(=O)Nc2ccc(NC(=O)C34CC5CC(CC(C5)C3)C4)cc2)c1. The van der Waals surface area contributed by atoms with E-state index in [1.54, 1.807) is 0 Å². The van der Waals surface area contributed by atoms with Crippen LogP contribution in [0.2, 0.25) is 0 Å². The normalized spacial score (nSPS) is 29.5. The highest BCUT2D eigenvalue weighted by molar-refractivity contribution is 6.04. The van der Waals surface area contributed by atoms with Gasteiger partial charge in [-0.1, -0.05) is 17.7 Å². The van der Waals surface area contributed by atoms with Gasteiger partial charge in [-0.05, 0) is 99.6 Å². The molecular weight excluding hydrogens is 360 g/mol. The van der Waals surface area contributed by atoms with Crippen LogP contribution in [0.15, 0.2) is 48.5 Å². The monoisotopic (exact) mass is 388 g/mol. The summed E-state index contributed by atoms with van der Waals surface area (Å²) < 4.78 is 0. The Morgan fingerprint density at radius 3 is 1.93 bits per heavy atom. The van der Waals surface area contributed by atoms with Gasteiger partial charge in [-0.2, -0.15) is 0 Å². The molecule has 4 aliphatic carbocycles. The standard InChI is InChI=1S/C25H28N2O2/c1-16-3-2-4-20(9-16)23(28)26-21-5-7-22(8-6-21)27-24(29)25-13-17-10-18(14-25)12-19(11-17)15-25/h2-9,17-19H,10-15H2,1H3,(H,26,28)(H,27,29). The number of benzene rings is 2. The van der Waals surface area contributed by atoms with Crippen LogP contribution in [0.1, 0.15) is 54.4 Å². The first-order valence-electron chi connectivity index (χ1n) is 10.8. The minimum atomic E-state index is -0.146. The van der Waals surface area contributed by atoms with Gasteiger partial charge in [0.25, 0.3) is 5.91 Å². The molecule has 0 aromatic heterocycles. The molecular formula is C25H28N2O2. The average molecular weight is 389 g/mol. The molecule has 2 N–H and O–H groups in total. The van der Waals surface area contributed by atoms with Gasteiger partial charge in [-0.25, -0.2) is 0 Å². The van der Waals surface area contributed by atoms with E-state index in [2.05, 4.69) is 10.6 Å². The minimum Gasteiger partial charge on any atom is -0.326 e. The van der Waals surface area contributed by atoms with E-state index < -0.39 is 0 Å². The summed E-state index contributed by atoms with van der Waals surface area (Å²) in [5.41, 5.74) is 3.08. The molecule has 0 radical (unpaired) electrons. The largest absolute Gasteiger partial charge is 0.326 e. The summed E-state index contributed by atoms with van der Waals surface area (Å²) in [6, 6.07) is 15.0. The zero-order valence-electron chi connectivity index (χ0n) is 16.9. The number of carbonyl (C=O) groups is 2. The molecule has 0 heterocycles. The van der Waals surface area contributed by atoms with Crippen molar-refractivity contribution in [2.75, 3.05) is 10.6 Å². The molecule has 4 aliphatic rings. The number of hydrogen-bond acceptors (Lipinski definition) is 2. The fourth-order valence-electron chi connectivity index (χ4n) is 6.28. The molecule has 0 aliphatic heterocycles. The smallest absolute Gasteiger partial charge is 0.255 e. The van der Waals surface area contributed by atoms with Crippen molar-refractivity contribution in [3.05, 3.63) is 59.7 Å². The molecule has 2 aromatic rings. The molecule has 4 fully saturated rings. The van der Waals surface area contributed by atoms with Crippen molar-refractivity contribution in [1.29, 1.82) is 0 Å². The minimum absolute atomic E-state index is 0.126. The Morgan fingerprint density at radius 2 is 1.38 bits per heavy atom. The Bertz CT molecular complexity index is 912. The van der Waals surface area contributed by atoms with Crippen LogP contribution in [0.5, 0.6) is 0 Å². The van der Waals surface area contributed by atoms with E-state index in [4.69, 9.17) is 0 Å². The summed E-state index contributed by atoms with van der Waals surface area (Å²) >= 11 is 0. The second kappa shape index (κ2) is 7.01. The van der Waals surface area contributed by atoms with Gasteiger partial charge >= 0.3 is 0 Å². The first-order valence-corrected chi connectivity index (χ1v) is 10.8. The van der Waals surface area contributed by atoms with Gasteiger partial charge in [-0.15, -0.1) is 0 Å². The Morgan fingerprint density at radius 1 is 0.828 bits per heavy atom. The average Bonchev–Trinajstić information content (AvgIpc) is 2.68. The predicted molar refractivity (Wildman–Crippen MR) is 115 cm³/mol. The lowest BCUT2D eigenvalue weighted by molar-refractivity contribution is -0.140. The van der Waals surface area contributed by atoms with E-state index in [0.717, 1.165) is 54.0 Å². The van der Waals surface area contributed by atoms with Gasteiger partial charge in [0.1, 0.15) is 0 Å². The molecule has 0 spiro atoms. The molecule has 2 aromatic carbocycles. The van der Waals surface area contributed by atoms with Gasteiger partial charge in [-0.3, -0.25) is 9.59 Å². The third-order valence-corrected chi connectivity index (χ3v) is 7.20. The molecule has 150 valence electrons. The molecule has 6 rings (SSSR count). The van der Waals surface area contributed by atoms with E-state index in [1.807, 2.05) is 55.5 Å². The van der Waals surface area contributed by atoms with Crippen LogP contribution in [0.4, 0.5) is 11.4 Å². The highest BCUT2D eigenvalue weighted by atomic mass is 16.2. The van der Waals surface area contributed by atoms with Crippen LogP contribution in [0.25, 0.3) is 0 Å². The number of amides is 2. The fourth-order valence-corrected chi connectivity index (χ4v) is 6.28. The predicted octanol–water partition coefficient (Wildman–Crippen LogP) is 5.40. The summed E-state index contributed by atoms with van der Waals surface area (Å²) in [5.74, 6) is 2.34. The number of hydrogen-bond donors (Lipinski definition) is 2. The Kier molecular flexibility index (Phi) is 4.45. The van der Waals surface area contributed by atoms with E-state index in [1.165, 1.54) is 19.3 Å². The van der Waals surface area contributed by atoms with Crippen LogP contribution in [-0.2, 0) is 4.79 Å². The Labute approximate surface area is 172 Å². The molecule has 29 heavy (non-hydrogen) atoms. The molecule has 0 atom stereocenters. The van der Waals surface area contributed by atoms with E-state index in [0.29, 0.717) is 5.56 Å². The maximum Gasteiger partial charge on any atom is 0.255 e. The molecule has 0 saturated heterocycles. The first kappa shape index (κ1) is 18.4. The number of carbonyl (C=O) groups excluding carboxylic acids is 2. The molecule has 4 saturated carbocycles. The summed E-state index contributed by atoms with van der Waals surface area (Å²) in [7, 11) is 0. The summed E-state index contributed by atoms with van der Waals surface area (Å²) in [6.07, 6.45) is 7.20. The highest BCUT2D eigenvalue weighted by Crippen LogP contribution is 2.60. The lowest BCUT2D eigenvalue weighted by atomic mass is 9.49. The second-order valence-electron chi connectivity index (χ2n) is 9.55. The van der Waals surface area contributed by atoms with Crippen molar-refractivity contribution in [2.24, 2.45) is 23.2 Å². The number of aryl methyl sites for hydroxylation is 1. The van der Waals surface area contributed by atoms with Gasteiger partial charge in [0.15, 0.2) is 0 Å². The summed E-state index contributed by atoms with van der Waals surface area (Å²) in [4.78, 5) is 25.6. The zero-order valence-corrected chi connectivity index (χ0v) is 16.9. The van der Waals surface area contributed by atoms with Crippen LogP contribution in [0.3, 0.4) is 0 Å². The maximum atomic E-state index is 13.2. The van der Waals surface area contributed by atoms with Crippen molar-refractivity contribution in [3.63, 3.8) is 0 Å². The van der Waals surface area contributed by atoms with Crippen LogP contribution in [-0.4, -0.2) is 11.8 Å². The van der Waals surface area contributed by atoms with Crippen molar-refractivity contribution >= 4 is 23.2 Å². The third-order valence-electron chi connectivity index (χ3n) is 7.20. The highest BCUT2D eigenvalue weighted by Gasteiger charge is 2.54. The molecule has 0 unspecified atom stereocenters. The first-order chi connectivity index (χ1) is 14.0. The van der Waals surface area contributed by atoms with Crippen molar-refractivity contribution < 1.29 is 9.59 Å².